The molecule has 2 saturated heterocycles. The summed E-state index contributed by atoms with van der Waals surface area (Å²) < 4.78 is 34.3. The summed E-state index contributed by atoms with van der Waals surface area (Å²) in [6.45, 7) is 3.25. The first-order valence-corrected chi connectivity index (χ1v) is 29.1. The Labute approximate surface area is 474 Å². The maximum absolute atomic E-state index is 13.1. The largest absolute Gasteiger partial charge is 0.457 e. The van der Waals surface area contributed by atoms with Crippen molar-refractivity contribution in [2.75, 3.05) is 33.0 Å². The minimum absolute atomic E-state index is 0.00237. The number of carbonyl (C=O) groups excluding carboxylic acids is 1. The molecule has 7 N–H and O–H groups in total. The molecule has 0 spiro atoms. The molecule has 0 amide bonds. The standard InChI is InChI=1S/C65H100O14/c1-3-5-7-9-11-13-15-17-19-21-23-25-27-28-30-32-34-36-38-40-42-44-46-48-57(67)77-54(51-74-49-47-45-43-41-39-37-35-33-31-29-26-24-22-20-18-16-14-12-10-8-6-4-2)52-75-64-63(73)61(71)59(69)56(79-64)53-76-65-62(72)60(70)58(68)55(50-66)78-65/h5-8,11-14,17-20,23-26,28,30-31,33-34,36-37,39-40,42,54-56,58-66,68-73H,3-4,9-10,15-16,21-22,27,29,32,35,38,41,43-53H2,1-2H3/b7-5-,8-6-,13-11-,14-12-,19-17-,20-18-,25-23-,26-24-,30-28-,33-31-,36-34-,39-37-,42-40-. The van der Waals surface area contributed by atoms with Crippen LogP contribution in [-0.2, 0) is 33.2 Å². The van der Waals surface area contributed by atoms with Crippen molar-refractivity contribution in [3.05, 3.63) is 158 Å². The molecule has 0 aromatic rings. The van der Waals surface area contributed by atoms with Crippen molar-refractivity contribution in [2.45, 2.75) is 210 Å². The fraction of sp³-hybridized carbons (Fsp3) is 0.585. The predicted octanol–water partition coefficient (Wildman–Crippen LogP) is 10.6. The maximum atomic E-state index is 13.1. The number of allylic oxidation sites excluding steroid dienone is 26. The van der Waals surface area contributed by atoms with E-state index in [-0.39, 0.29) is 19.6 Å². The van der Waals surface area contributed by atoms with Crippen LogP contribution in [0.15, 0.2) is 158 Å². The van der Waals surface area contributed by atoms with Crippen molar-refractivity contribution in [1.29, 1.82) is 0 Å². The summed E-state index contributed by atoms with van der Waals surface area (Å²) in [5.74, 6) is -0.453. The predicted molar refractivity (Wildman–Crippen MR) is 316 cm³/mol. The van der Waals surface area contributed by atoms with Crippen molar-refractivity contribution in [1.82, 2.24) is 0 Å². The summed E-state index contributed by atoms with van der Waals surface area (Å²) in [6, 6.07) is 0. The quantitative estimate of drug-likeness (QED) is 0.0172. The molecule has 2 heterocycles. The van der Waals surface area contributed by atoms with Crippen LogP contribution in [0.2, 0.25) is 0 Å². The fourth-order valence-corrected chi connectivity index (χ4v) is 7.92. The molecular formula is C65H100O14. The highest BCUT2D eigenvalue weighted by molar-refractivity contribution is 5.69. The van der Waals surface area contributed by atoms with Crippen LogP contribution < -0.4 is 0 Å². The Morgan fingerprint density at radius 3 is 1.20 bits per heavy atom. The van der Waals surface area contributed by atoms with Crippen LogP contribution in [0.3, 0.4) is 0 Å². The summed E-state index contributed by atoms with van der Waals surface area (Å²) >= 11 is 0. The van der Waals surface area contributed by atoms with Crippen LogP contribution in [0.1, 0.15) is 142 Å². The van der Waals surface area contributed by atoms with Gasteiger partial charge in [0.1, 0.15) is 54.9 Å². The Morgan fingerprint density at radius 1 is 0.418 bits per heavy atom. The minimum Gasteiger partial charge on any atom is -0.457 e. The summed E-state index contributed by atoms with van der Waals surface area (Å²) in [5.41, 5.74) is 0. The van der Waals surface area contributed by atoms with Gasteiger partial charge in [0.25, 0.3) is 0 Å². The van der Waals surface area contributed by atoms with Gasteiger partial charge in [-0.15, -0.1) is 0 Å². The lowest BCUT2D eigenvalue weighted by Crippen LogP contribution is -2.61. The van der Waals surface area contributed by atoms with E-state index in [1.165, 1.54) is 0 Å². The van der Waals surface area contributed by atoms with E-state index in [2.05, 4.69) is 166 Å². The second-order valence-electron chi connectivity index (χ2n) is 19.3. The molecule has 0 aromatic carbocycles. The summed E-state index contributed by atoms with van der Waals surface area (Å²) in [4.78, 5) is 13.1. The molecule has 2 rings (SSSR count). The molecule has 0 aliphatic carbocycles. The Bertz CT molecular complexity index is 1910. The van der Waals surface area contributed by atoms with Gasteiger partial charge >= 0.3 is 5.97 Å². The lowest BCUT2D eigenvalue weighted by Gasteiger charge is -2.42. The first kappa shape index (κ1) is 70.7. The van der Waals surface area contributed by atoms with E-state index in [0.717, 1.165) is 109 Å². The zero-order valence-electron chi connectivity index (χ0n) is 47.5. The lowest BCUT2D eigenvalue weighted by molar-refractivity contribution is -0.332. The third kappa shape index (κ3) is 35.9. The van der Waals surface area contributed by atoms with Crippen LogP contribution >= 0.6 is 0 Å². The van der Waals surface area contributed by atoms with Gasteiger partial charge in [-0.1, -0.05) is 178 Å². The van der Waals surface area contributed by atoms with Crippen molar-refractivity contribution in [3.63, 3.8) is 0 Å². The number of ether oxygens (including phenoxy) is 6. The van der Waals surface area contributed by atoms with Crippen molar-refractivity contribution < 1.29 is 69.0 Å². The molecule has 2 aliphatic heterocycles. The number of rotatable bonds is 44. The van der Waals surface area contributed by atoms with Crippen LogP contribution in [-0.4, -0.2) is 142 Å². The van der Waals surface area contributed by atoms with Gasteiger partial charge in [-0.05, 0) is 116 Å². The van der Waals surface area contributed by atoms with Gasteiger partial charge < -0.3 is 64.2 Å². The second-order valence-corrected chi connectivity index (χ2v) is 19.3. The third-order valence-electron chi connectivity index (χ3n) is 12.5. The van der Waals surface area contributed by atoms with Gasteiger partial charge in [-0.25, -0.2) is 0 Å². The number of hydrogen-bond acceptors (Lipinski definition) is 14. The molecule has 2 aliphatic rings. The summed E-state index contributed by atoms with van der Waals surface area (Å²) in [7, 11) is 0. The van der Waals surface area contributed by atoms with Crippen molar-refractivity contribution in [3.8, 4) is 0 Å². The maximum Gasteiger partial charge on any atom is 0.306 e. The number of aliphatic hydroxyl groups is 7. The molecular weight excluding hydrogens is 1000 g/mol. The Hall–Kier alpha value is -4.39. The van der Waals surface area contributed by atoms with E-state index in [0.29, 0.717) is 19.4 Å². The highest BCUT2D eigenvalue weighted by Gasteiger charge is 2.47. The molecule has 0 bridgehead atoms. The van der Waals surface area contributed by atoms with Gasteiger partial charge in [0.2, 0.25) is 0 Å². The number of unbranched alkanes of at least 4 members (excludes halogenated alkanes) is 4. The first-order valence-electron chi connectivity index (χ1n) is 29.1. The van der Waals surface area contributed by atoms with E-state index in [4.69, 9.17) is 28.4 Å². The molecule has 0 aromatic heterocycles. The molecule has 11 atom stereocenters. The zero-order chi connectivity index (χ0) is 57.2. The van der Waals surface area contributed by atoms with Gasteiger partial charge in [0.05, 0.1) is 26.4 Å². The highest BCUT2D eigenvalue weighted by atomic mass is 16.7. The van der Waals surface area contributed by atoms with E-state index in [9.17, 15) is 40.5 Å². The highest BCUT2D eigenvalue weighted by Crippen LogP contribution is 2.26. The van der Waals surface area contributed by atoms with Gasteiger partial charge in [0, 0.05) is 13.0 Å². The summed E-state index contributed by atoms with van der Waals surface area (Å²) in [5, 5.41) is 72.4. The number of hydrogen-bond donors (Lipinski definition) is 7. The normalized spacial score (nSPS) is 25.2. The third-order valence-corrected chi connectivity index (χ3v) is 12.5. The topological polar surface area (TPSA) is 214 Å². The number of aliphatic hydroxyl groups excluding tert-OH is 7. The second kappa shape index (κ2) is 49.4. The fourth-order valence-electron chi connectivity index (χ4n) is 7.92. The van der Waals surface area contributed by atoms with Crippen molar-refractivity contribution in [2.24, 2.45) is 0 Å². The van der Waals surface area contributed by atoms with E-state index < -0.39 is 86.7 Å². The molecule has 0 radical (unpaired) electrons. The van der Waals surface area contributed by atoms with Crippen LogP contribution in [0, 0.1) is 0 Å². The van der Waals surface area contributed by atoms with Gasteiger partial charge in [-0.3, -0.25) is 4.79 Å². The Balaban J connectivity index is 1.78. The molecule has 14 nitrogen and oxygen atoms in total. The Morgan fingerprint density at radius 2 is 0.785 bits per heavy atom. The van der Waals surface area contributed by atoms with E-state index in [1.54, 1.807) is 0 Å². The smallest absolute Gasteiger partial charge is 0.306 e. The lowest BCUT2D eigenvalue weighted by atomic mass is 9.98. The Kier molecular flexibility index (Phi) is 44.2. The number of carbonyl (C=O) groups is 1. The van der Waals surface area contributed by atoms with Gasteiger partial charge in [0.15, 0.2) is 12.6 Å². The van der Waals surface area contributed by atoms with E-state index >= 15 is 0 Å². The first-order chi connectivity index (χ1) is 38.6. The van der Waals surface area contributed by atoms with Crippen LogP contribution in [0.4, 0.5) is 0 Å². The molecule has 79 heavy (non-hydrogen) atoms. The zero-order valence-corrected chi connectivity index (χ0v) is 47.5. The van der Waals surface area contributed by atoms with Crippen LogP contribution in [0.25, 0.3) is 0 Å². The van der Waals surface area contributed by atoms with Crippen LogP contribution in [0.5, 0.6) is 0 Å². The van der Waals surface area contributed by atoms with E-state index in [1.807, 2.05) is 6.08 Å². The molecule has 14 heteroatoms. The molecule has 0 saturated carbocycles. The average molecular weight is 1110 g/mol. The average Bonchev–Trinajstić information content (AvgIpc) is 3.46. The SMILES string of the molecule is CC/C=C\C/C=C\C/C=C\C/C=C\C/C=C\C/C=C\C/C=C\CCCC(=O)OC(COCCCCC/C=C\C/C=C\C/C=C\C/C=C\C/C=C\C/C=C\CC)COC1OC(COC2OC(CO)C(O)C(O)C2O)C(O)C(O)C1O. The number of esters is 1. The molecule has 444 valence electrons. The van der Waals surface area contributed by atoms with Crippen molar-refractivity contribution >= 4 is 5.97 Å². The molecule has 2 fully saturated rings. The molecule has 11 unspecified atom stereocenters. The summed E-state index contributed by atoms with van der Waals surface area (Å²) in [6.07, 6.45) is 57.3. The monoisotopic (exact) mass is 1100 g/mol. The minimum atomic E-state index is -1.74. The van der Waals surface area contributed by atoms with Gasteiger partial charge in [-0.2, -0.15) is 0 Å².